The number of nitrogens with zero attached hydrogens (tertiary/aromatic N) is 2. The van der Waals surface area contributed by atoms with E-state index in [4.69, 9.17) is 9.26 Å². The minimum Gasteiger partial charge on any atom is -0.379 e. The summed E-state index contributed by atoms with van der Waals surface area (Å²) in [6, 6.07) is 4.82. The van der Waals surface area contributed by atoms with Gasteiger partial charge < -0.3 is 14.6 Å². The molecule has 0 radical (unpaired) electrons. The van der Waals surface area contributed by atoms with Gasteiger partial charge in [0.05, 0.1) is 23.6 Å². The molecule has 0 amide bonds. The van der Waals surface area contributed by atoms with E-state index in [-0.39, 0.29) is 17.8 Å². The highest BCUT2D eigenvalue weighted by Crippen LogP contribution is 2.28. The molecular weight excluding hydrogens is 341 g/mol. The summed E-state index contributed by atoms with van der Waals surface area (Å²) < 4.78 is 24.5. The zero-order valence-electron chi connectivity index (χ0n) is 11.5. The Morgan fingerprint density at radius 1 is 1.43 bits per heavy atom. The number of benzene rings is 1. The molecule has 21 heavy (non-hydrogen) atoms. The van der Waals surface area contributed by atoms with E-state index in [1.807, 2.05) is 6.92 Å². The van der Waals surface area contributed by atoms with Crippen molar-refractivity contribution >= 4 is 15.9 Å². The third-order valence-corrected chi connectivity index (χ3v) is 4.09. The van der Waals surface area contributed by atoms with Crippen molar-refractivity contribution in [3.63, 3.8) is 0 Å². The second kappa shape index (κ2) is 6.21. The molecule has 0 spiro atoms. The second-order valence-corrected chi connectivity index (χ2v) is 5.75. The van der Waals surface area contributed by atoms with Crippen molar-refractivity contribution in [1.82, 2.24) is 15.5 Å². The Hall–Kier alpha value is -1.31. The van der Waals surface area contributed by atoms with E-state index in [0.29, 0.717) is 35.0 Å². The molecule has 1 aliphatic rings. The van der Waals surface area contributed by atoms with Gasteiger partial charge in [-0.3, -0.25) is 0 Å². The summed E-state index contributed by atoms with van der Waals surface area (Å²) in [5, 5.41) is 7.33. The van der Waals surface area contributed by atoms with Gasteiger partial charge in [0.25, 0.3) is 0 Å². The average molecular weight is 356 g/mol. The summed E-state index contributed by atoms with van der Waals surface area (Å²) in [4.78, 5) is 4.42. The van der Waals surface area contributed by atoms with Crippen LogP contribution in [0.25, 0.3) is 11.4 Å². The van der Waals surface area contributed by atoms with Crippen LogP contribution >= 0.6 is 15.9 Å². The van der Waals surface area contributed by atoms with Crippen LogP contribution in [-0.2, 0) is 4.74 Å². The molecule has 1 N–H and O–H groups in total. The third-order valence-electron chi connectivity index (χ3n) is 3.48. The maximum atomic E-state index is 13.3. The summed E-state index contributed by atoms with van der Waals surface area (Å²) in [6.07, 6.45) is 0. The molecule has 1 aromatic carbocycles. The number of ether oxygens (including phenoxy) is 1. The lowest BCUT2D eigenvalue weighted by molar-refractivity contribution is 0.185. The van der Waals surface area contributed by atoms with Crippen LogP contribution in [0.4, 0.5) is 4.39 Å². The fourth-order valence-electron chi connectivity index (χ4n) is 2.40. The van der Waals surface area contributed by atoms with Crippen molar-refractivity contribution in [2.24, 2.45) is 0 Å². The largest absolute Gasteiger partial charge is 0.379 e. The van der Waals surface area contributed by atoms with Gasteiger partial charge in [-0.25, -0.2) is 4.39 Å². The molecule has 2 aromatic rings. The Kier molecular flexibility index (Phi) is 4.32. The summed E-state index contributed by atoms with van der Waals surface area (Å²) in [7, 11) is 0. The number of hydrogen-bond acceptors (Lipinski definition) is 5. The Labute approximate surface area is 130 Å². The van der Waals surface area contributed by atoms with Gasteiger partial charge in [-0.2, -0.15) is 4.98 Å². The standard InChI is InChI=1S/C14H15BrFN3O2/c1-2-17-12-7-20-6-9(12)14-18-13(19-21-14)8-3-4-11(16)10(15)5-8/h3-5,9,12,17H,2,6-7H2,1H3. The number of likely N-dealkylation sites (N-methyl/N-ethyl adjacent to an activating group) is 1. The van der Waals surface area contributed by atoms with Gasteiger partial charge in [-0.1, -0.05) is 12.1 Å². The zero-order chi connectivity index (χ0) is 14.8. The van der Waals surface area contributed by atoms with Gasteiger partial charge in [0, 0.05) is 11.6 Å². The summed E-state index contributed by atoms with van der Waals surface area (Å²) >= 11 is 3.16. The maximum absolute atomic E-state index is 13.3. The van der Waals surface area contributed by atoms with Crippen molar-refractivity contribution in [1.29, 1.82) is 0 Å². The molecule has 5 nitrogen and oxygen atoms in total. The quantitative estimate of drug-likeness (QED) is 0.913. The first-order valence-corrected chi connectivity index (χ1v) is 7.58. The fraction of sp³-hybridized carbons (Fsp3) is 0.429. The smallest absolute Gasteiger partial charge is 0.234 e. The minimum atomic E-state index is -0.320. The Balaban J connectivity index is 1.84. The van der Waals surface area contributed by atoms with E-state index < -0.39 is 0 Å². The summed E-state index contributed by atoms with van der Waals surface area (Å²) in [5.41, 5.74) is 0.706. The number of hydrogen-bond donors (Lipinski definition) is 1. The molecule has 2 heterocycles. The first-order chi connectivity index (χ1) is 10.2. The molecular formula is C14H15BrFN3O2. The first-order valence-electron chi connectivity index (χ1n) is 6.79. The van der Waals surface area contributed by atoms with E-state index in [9.17, 15) is 4.39 Å². The van der Waals surface area contributed by atoms with Crippen LogP contribution in [0.2, 0.25) is 0 Å². The van der Waals surface area contributed by atoms with Gasteiger partial charge in [0.15, 0.2) is 0 Å². The number of nitrogens with one attached hydrogen (secondary N) is 1. The van der Waals surface area contributed by atoms with Crippen LogP contribution in [0.3, 0.4) is 0 Å². The lowest BCUT2D eigenvalue weighted by atomic mass is 10.0. The third kappa shape index (κ3) is 3.00. The van der Waals surface area contributed by atoms with Crippen LogP contribution in [0.5, 0.6) is 0 Å². The molecule has 0 aliphatic carbocycles. The zero-order valence-corrected chi connectivity index (χ0v) is 13.1. The van der Waals surface area contributed by atoms with Crippen LogP contribution in [0.1, 0.15) is 18.7 Å². The topological polar surface area (TPSA) is 60.2 Å². The average Bonchev–Trinajstić information content (AvgIpc) is 3.10. The monoisotopic (exact) mass is 355 g/mol. The van der Waals surface area contributed by atoms with Crippen molar-refractivity contribution in [2.75, 3.05) is 19.8 Å². The second-order valence-electron chi connectivity index (χ2n) is 4.89. The van der Waals surface area contributed by atoms with Gasteiger partial charge in [0.1, 0.15) is 5.82 Å². The van der Waals surface area contributed by atoms with E-state index in [2.05, 4.69) is 31.4 Å². The van der Waals surface area contributed by atoms with E-state index in [0.717, 1.165) is 6.54 Å². The molecule has 0 bridgehead atoms. The Morgan fingerprint density at radius 2 is 2.29 bits per heavy atom. The predicted molar refractivity (Wildman–Crippen MR) is 78.4 cm³/mol. The van der Waals surface area contributed by atoms with Crippen LogP contribution in [0.15, 0.2) is 27.2 Å². The van der Waals surface area contributed by atoms with Gasteiger partial charge in [-0.15, -0.1) is 0 Å². The molecule has 1 saturated heterocycles. The highest BCUT2D eigenvalue weighted by Gasteiger charge is 2.33. The predicted octanol–water partition coefficient (Wildman–Crippen LogP) is 2.73. The molecule has 1 aromatic heterocycles. The van der Waals surface area contributed by atoms with Gasteiger partial charge in [-0.05, 0) is 40.7 Å². The van der Waals surface area contributed by atoms with Gasteiger partial charge >= 0.3 is 0 Å². The Morgan fingerprint density at radius 3 is 3.05 bits per heavy atom. The minimum absolute atomic E-state index is 0.0510. The molecule has 2 unspecified atom stereocenters. The van der Waals surface area contributed by atoms with E-state index in [1.165, 1.54) is 6.07 Å². The molecule has 0 saturated carbocycles. The molecule has 3 rings (SSSR count). The van der Waals surface area contributed by atoms with Crippen LogP contribution in [0, 0.1) is 5.82 Å². The number of halogens is 2. The van der Waals surface area contributed by atoms with Crippen molar-refractivity contribution < 1.29 is 13.7 Å². The first kappa shape index (κ1) is 14.6. The molecule has 112 valence electrons. The highest BCUT2D eigenvalue weighted by molar-refractivity contribution is 9.10. The molecule has 7 heteroatoms. The van der Waals surface area contributed by atoms with E-state index in [1.54, 1.807) is 12.1 Å². The van der Waals surface area contributed by atoms with Crippen LogP contribution in [-0.4, -0.2) is 35.9 Å². The lowest BCUT2D eigenvalue weighted by Crippen LogP contribution is -2.34. The van der Waals surface area contributed by atoms with Gasteiger partial charge in [0.2, 0.25) is 11.7 Å². The van der Waals surface area contributed by atoms with Crippen molar-refractivity contribution in [3.05, 3.63) is 34.4 Å². The van der Waals surface area contributed by atoms with Crippen molar-refractivity contribution in [3.8, 4) is 11.4 Å². The number of rotatable bonds is 4. The summed E-state index contributed by atoms with van der Waals surface area (Å²) in [5.74, 6) is 0.732. The normalized spacial score (nSPS) is 21.9. The molecule has 2 atom stereocenters. The SMILES string of the molecule is CCNC1COCC1c1nc(-c2ccc(F)c(Br)c2)no1. The van der Waals surface area contributed by atoms with Crippen molar-refractivity contribution in [2.45, 2.75) is 18.9 Å². The summed E-state index contributed by atoms with van der Waals surface area (Å²) in [6.45, 7) is 4.10. The highest BCUT2D eigenvalue weighted by atomic mass is 79.9. The van der Waals surface area contributed by atoms with Crippen LogP contribution < -0.4 is 5.32 Å². The fourth-order valence-corrected chi connectivity index (χ4v) is 2.78. The lowest BCUT2D eigenvalue weighted by Gasteiger charge is -2.13. The maximum Gasteiger partial charge on any atom is 0.234 e. The number of aromatic nitrogens is 2. The molecule has 1 fully saturated rings. The Bertz CT molecular complexity index is 634. The van der Waals surface area contributed by atoms with E-state index >= 15 is 0 Å². The molecule has 1 aliphatic heterocycles.